The third-order valence-corrected chi connectivity index (χ3v) is 5.95. The molecule has 0 radical (unpaired) electrons. The molecule has 2 nitrogen and oxygen atoms in total. The van der Waals surface area contributed by atoms with Crippen molar-refractivity contribution in [1.29, 1.82) is 0 Å². The van der Waals surface area contributed by atoms with E-state index in [0.29, 0.717) is 12.0 Å². The molecular weight excluding hydrogens is 275 g/mol. The average molecular weight is 306 g/mol. The van der Waals surface area contributed by atoms with Crippen molar-refractivity contribution in [2.24, 2.45) is 23.5 Å². The van der Waals surface area contributed by atoms with Gasteiger partial charge in [0.05, 0.1) is 0 Å². The molecule has 22 heavy (non-hydrogen) atoms. The van der Waals surface area contributed by atoms with Crippen molar-refractivity contribution in [2.75, 3.05) is 19.6 Å². The number of hydrogen-bond donors (Lipinski definition) is 1. The molecule has 1 aliphatic heterocycles. The summed E-state index contributed by atoms with van der Waals surface area (Å²) < 4.78 is 13.0. The van der Waals surface area contributed by atoms with Crippen molar-refractivity contribution in [2.45, 2.75) is 57.4 Å². The number of halogens is 1. The summed E-state index contributed by atoms with van der Waals surface area (Å²) in [5.74, 6) is 2.04. The monoisotopic (exact) mass is 306 g/mol. The Kier molecular flexibility index (Phi) is 5.70. The Morgan fingerprint density at radius 3 is 2.59 bits per heavy atom. The van der Waals surface area contributed by atoms with Crippen LogP contribution < -0.4 is 5.73 Å². The first-order valence-electron chi connectivity index (χ1n) is 9.22. The molecule has 0 bridgehead atoms. The molecule has 3 atom stereocenters. The van der Waals surface area contributed by atoms with Gasteiger partial charge in [0.1, 0.15) is 5.83 Å². The number of piperidine rings is 1. The van der Waals surface area contributed by atoms with Crippen LogP contribution in [0.1, 0.15) is 51.4 Å². The lowest BCUT2D eigenvalue weighted by Crippen LogP contribution is -2.44. The maximum atomic E-state index is 13.0. The van der Waals surface area contributed by atoms with E-state index < -0.39 is 0 Å². The van der Waals surface area contributed by atoms with E-state index >= 15 is 0 Å². The van der Waals surface area contributed by atoms with Gasteiger partial charge in [-0.2, -0.15) is 0 Å². The molecule has 0 aromatic heterocycles. The van der Waals surface area contributed by atoms with Gasteiger partial charge in [-0.05, 0) is 81.5 Å². The van der Waals surface area contributed by atoms with Crippen molar-refractivity contribution in [3.63, 3.8) is 0 Å². The van der Waals surface area contributed by atoms with Crippen LogP contribution in [0.2, 0.25) is 0 Å². The molecule has 1 saturated carbocycles. The van der Waals surface area contributed by atoms with Crippen LogP contribution in [0.15, 0.2) is 24.1 Å². The van der Waals surface area contributed by atoms with Crippen LogP contribution in [-0.2, 0) is 0 Å². The molecule has 0 amide bonds. The van der Waals surface area contributed by atoms with Gasteiger partial charge in [0.15, 0.2) is 0 Å². The van der Waals surface area contributed by atoms with Gasteiger partial charge >= 0.3 is 0 Å². The van der Waals surface area contributed by atoms with E-state index in [1.54, 1.807) is 12.2 Å². The molecule has 0 spiro atoms. The summed E-state index contributed by atoms with van der Waals surface area (Å²) in [6.07, 6.45) is 15.4. The van der Waals surface area contributed by atoms with Gasteiger partial charge in [-0.25, -0.2) is 4.39 Å². The van der Waals surface area contributed by atoms with E-state index in [9.17, 15) is 4.39 Å². The van der Waals surface area contributed by atoms with Crippen molar-refractivity contribution in [3.05, 3.63) is 24.1 Å². The van der Waals surface area contributed by atoms with Gasteiger partial charge in [0.2, 0.25) is 0 Å². The average Bonchev–Trinajstić information content (AvgIpc) is 2.54. The summed E-state index contributed by atoms with van der Waals surface area (Å²) in [6, 6.07) is 0.431. The zero-order valence-corrected chi connectivity index (χ0v) is 13.7. The quantitative estimate of drug-likeness (QED) is 0.849. The van der Waals surface area contributed by atoms with Crippen molar-refractivity contribution in [3.8, 4) is 0 Å². The highest BCUT2D eigenvalue weighted by molar-refractivity contribution is 5.17. The standard InChI is InChI=1S/C19H31FN2/c20-18-7-5-15(6-8-18)13-16-9-11-22(12-10-16)14-17-3-1-2-4-19(17)21/h5,7-8,15-17,19H,1-4,6,9-14,21H2/t15?,17-,19+/m0/s1. The number of rotatable bonds is 4. The minimum atomic E-state index is -0.0603. The molecule has 1 heterocycles. The van der Waals surface area contributed by atoms with E-state index in [1.165, 1.54) is 64.6 Å². The summed E-state index contributed by atoms with van der Waals surface area (Å²) in [5.41, 5.74) is 6.29. The fraction of sp³-hybridized carbons (Fsp3) is 0.789. The minimum absolute atomic E-state index is 0.0603. The lowest BCUT2D eigenvalue weighted by atomic mass is 9.82. The van der Waals surface area contributed by atoms with Crippen LogP contribution in [0.25, 0.3) is 0 Å². The topological polar surface area (TPSA) is 29.3 Å². The largest absolute Gasteiger partial charge is 0.327 e. The third-order valence-electron chi connectivity index (χ3n) is 5.95. The second-order valence-corrected chi connectivity index (χ2v) is 7.63. The van der Waals surface area contributed by atoms with Crippen LogP contribution in [0.3, 0.4) is 0 Å². The summed E-state index contributed by atoms with van der Waals surface area (Å²) >= 11 is 0. The van der Waals surface area contributed by atoms with E-state index in [4.69, 9.17) is 5.73 Å². The Morgan fingerprint density at radius 2 is 1.91 bits per heavy atom. The van der Waals surface area contributed by atoms with Crippen molar-refractivity contribution in [1.82, 2.24) is 4.90 Å². The Bertz CT molecular complexity index is 410. The Labute approximate surface area is 134 Å². The van der Waals surface area contributed by atoms with Crippen molar-refractivity contribution < 1.29 is 4.39 Å². The van der Waals surface area contributed by atoms with Crippen LogP contribution in [-0.4, -0.2) is 30.6 Å². The molecule has 0 aromatic carbocycles. The van der Waals surface area contributed by atoms with Gasteiger partial charge in [0, 0.05) is 12.6 Å². The minimum Gasteiger partial charge on any atom is -0.327 e. The molecule has 1 saturated heterocycles. The van der Waals surface area contributed by atoms with Crippen LogP contribution in [0.5, 0.6) is 0 Å². The summed E-state index contributed by atoms with van der Waals surface area (Å²) in [6.45, 7) is 3.67. The van der Waals surface area contributed by atoms with E-state index in [0.717, 1.165) is 18.3 Å². The van der Waals surface area contributed by atoms with Gasteiger partial charge < -0.3 is 10.6 Å². The smallest absolute Gasteiger partial charge is 0.118 e. The second kappa shape index (κ2) is 7.74. The lowest BCUT2D eigenvalue weighted by Gasteiger charge is -2.38. The number of nitrogens with two attached hydrogens (primary N) is 1. The van der Waals surface area contributed by atoms with Crippen LogP contribution in [0.4, 0.5) is 4.39 Å². The second-order valence-electron chi connectivity index (χ2n) is 7.63. The molecule has 3 rings (SSSR count). The lowest BCUT2D eigenvalue weighted by molar-refractivity contribution is 0.130. The zero-order chi connectivity index (χ0) is 15.4. The normalized spacial score (nSPS) is 34.6. The first kappa shape index (κ1) is 16.2. The highest BCUT2D eigenvalue weighted by atomic mass is 19.1. The first-order valence-corrected chi connectivity index (χ1v) is 9.22. The van der Waals surface area contributed by atoms with Gasteiger partial charge in [-0.15, -0.1) is 0 Å². The first-order chi connectivity index (χ1) is 10.7. The highest BCUT2D eigenvalue weighted by Crippen LogP contribution is 2.31. The van der Waals surface area contributed by atoms with E-state index in [-0.39, 0.29) is 5.83 Å². The van der Waals surface area contributed by atoms with E-state index in [2.05, 4.69) is 11.0 Å². The SMILES string of the molecule is N[C@@H]1CCCC[C@H]1CN1CCC(CC2C=CC(F)=CC2)CC1. The van der Waals surface area contributed by atoms with Gasteiger partial charge in [-0.3, -0.25) is 0 Å². The predicted octanol–water partition coefficient (Wildman–Crippen LogP) is 4.04. The number of hydrogen-bond acceptors (Lipinski definition) is 2. The molecule has 2 N–H and O–H groups in total. The fourth-order valence-electron chi connectivity index (χ4n) is 4.44. The Balaban J connectivity index is 1.38. The zero-order valence-electron chi connectivity index (χ0n) is 13.7. The van der Waals surface area contributed by atoms with Gasteiger partial charge in [-0.1, -0.05) is 18.9 Å². The molecule has 3 heteroatoms. The predicted molar refractivity (Wildman–Crippen MR) is 90.2 cm³/mol. The van der Waals surface area contributed by atoms with E-state index in [1.807, 2.05) is 0 Å². The molecule has 2 aliphatic carbocycles. The summed E-state index contributed by atoms with van der Waals surface area (Å²) in [4.78, 5) is 2.64. The van der Waals surface area contributed by atoms with Gasteiger partial charge in [0.25, 0.3) is 0 Å². The number of allylic oxidation sites excluding steroid dienone is 4. The maximum absolute atomic E-state index is 13.0. The van der Waals surface area contributed by atoms with Crippen LogP contribution >= 0.6 is 0 Å². The van der Waals surface area contributed by atoms with Crippen molar-refractivity contribution >= 4 is 0 Å². The molecule has 1 unspecified atom stereocenters. The molecule has 3 aliphatic rings. The summed E-state index contributed by atoms with van der Waals surface area (Å²) in [5, 5.41) is 0. The Hall–Kier alpha value is -0.670. The third kappa shape index (κ3) is 4.42. The maximum Gasteiger partial charge on any atom is 0.118 e. The Morgan fingerprint density at radius 1 is 1.14 bits per heavy atom. The number of nitrogens with zero attached hydrogens (tertiary/aromatic N) is 1. The molecular formula is C19H31FN2. The highest BCUT2D eigenvalue weighted by Gasteiger charge is 2.27. The molecule has 0 aromatic rings. The molecule has 124 valence electrons. The number of likely N-dealkylation sites (tertiary alicyclic amines) is 1. The summed E-state index contributed by atoms with van der Waals surface area (Å²) in [7, 11) is 0. The fourth-order valence-corrected chi connectivity index (χ4v) is 4.44. The molecule has 2 fully saturated rings. The van der Waals surface area contributed by atoms with Crippen LogP contribution in [0, 0.1) is 17.8 Å².